The van der Waals surface area contributed by atoms with E-state index in [1.165, 1.54) is 12.1 Å². The summed E-state index contributed by atoms with van der Waals surface area (Å²) in [6.45, 7) is 0.433. The number of fused-ring (bicyclic) bond motifs is 1. The van der Waals surface area contributed by atoms with Gasteiger partial charge in [-0.25, -0.2) is 0 Å². The molecular weight excluding hydrogens is 280 g/mol. The third-order valence-corrected chi connectivity index (χ3v) is 3.44. The number of ether oxygens (including phenoxy) is 2. The summed E-state index contributed by atoms with van der Waals surface area (Å²) in [4.78, 5) is 23.3. The van der Waals surface area contributed by atoms with Crippen LogP contribution in [0.2, 0.25) is 0 Å². The summed E-state index contributed by atoms with van der Waals surface area (Å²) in [5, 5.41) is 20.3. The largest absolute Gasteiger partial charge is 0.486 e. The molecule has 0 saturated heterocycles. The minimum Gasteiger partial charge on any atom is -0.486 e. The maximum atomic E-state index is 11.3. The van der Waals surface area contributed by atoms with Gasteiger partial charge in [-0.3, -0.25) is 14.9 Å². The van der Waals surface area contributed by atoms with Gasteiger partial charge in [0.15, 0.2) is 11.5 Å². The molecular formula is C13H14N2O6. The number of nitro groups is 1. The molecule has 21 heavy (non-hydrogen) atoms. The normalized spacial score (nSPS) is 16.4. The first-order valence-electron chi connectivity index (χ1n) is 6.62. The van der Waals surface area contributed by atoms with Gasteiger partial charge >= 0.3 is 5.97 Å². The molecule has 1 aromatic rings. The molecule has 0 bridgehead atoms. The van der Waals surface area contributed by atoms with Gasteiger partial charge in [0.05, 0.1) is 11.0 Å². The highest BCUT2D eigenvalue weighted by Crippen LogP contribution is 2.44. The zero-order valence-electron chi connectivity index (χ0n) is 11.2. The average Bonchev–Trinajstić information content (AvgIpc) is 3.27. The van der Waals surface area contributed by atoms with Crippen molar-refractivity contribution in [2.24, 2.45) is 0 Å². The third kappa shape index (κ3) is 2.69. The number of carboxylic acid groups (broad SMARTS) is 1. The summed E-state index contributed by atoms with van der Waals surface area (Å²) in [6.07, 6.45) is 1.66. The first kappa shape index (κ1) is 13.5. The lowest BCUT2D eigenvalue weighted by Crippen LogP contribution is -2.32. The van der Waals surface area contributed by atoms with Crippen LogP contribution >= 0.6 is 0 Å². The number of nitro benzene ring substituents is 1. The molecule has 0 aromatic heterocycles. The molecule has 1 fully saturated rings. The molecule has 0 spiro atoms. The summed E-state index contributed by atoms with van der Waals surface area (Å²) >= 11 is 0. The molecule has 1 saturated carbocycles. The van der Waals surface area contributed by atoms with Crippen molar-refractivity contribution in [2.45, 2.75) is 18.9 Å². The molecule has 0 amide bonds. The van der Waals surface area contributed by atoms with Crippen molar-refractivity contribution in [3.63, 3.8) is 0 Å². The minimum absolute atomic E-state index is 0.0300. The fourth-order valence-corrected chi connectivity index (χ4v) is 2.39. The van der Waals surface area contributed by atoms with E-state index in [0.717, 1.165) is 12.8 Å². The summed E-state index contributed by atoms with van der Waals surface area (Å²) in [5.74, 6) is -0.285. The fraction of sp³-hybridized carbons (Fsp3) is 0.462. The lowest BCUT2D eigenvalue weighted by Gasteiger charge is -2.25. The highest BCUT2D eigenvalue weighted by molar-refractivity contribution is 5.78. The topological polar surface area (TPSA) is 102 Å². The Kier molecular flexibility index (Phi) is 3.28. The monoisotopic (exact) mass is 294 g/mol. The summed E-state index contributed by atoms with van der Waals surface area (Å²) in [5.41, 5.74) is 0.113. The lowest BCUT2D eigenvalue weighted by molar-refractivity contribution is -0.384. The maximum absolute atomic E-state index is 11.3. The van der Waals surface area contributed by atoms with Gasteiger partial charge in [0.2, 0.25) is 0 Å². The van der Waals surface area contributed by atoms with Crippen molar-refractivity contribution in [2.75, 3.05) is 24.7 Å². The van der Waals surface area contributed by atoms with Crippen molar-refractivity contribution in [1.29, 1.82) is 0 Å². The van der Waals surface area contributed by atoms with Crippen LogP contribution in [0.5, 0.6) is 11.5 Å². The van der Waals surface area contributed by atoms with E-state index in [2.05, 4.69) is 0 Å². The van der Waals surface area contributed by atoms with Gasteiger partial charge in [-0.1, -0.05) is 0 Å². The second kappa shape index (κ2) is 5.12. The number of rotatable bonds is 5. The maximum Gasteiger partial charge on any atom is 0.323 e. The van der Waals surface area contributed by atoms with Crippen LogP contribution in [0.3, 0.4) is 0 Å². The zero-order chi connectivity index (χ0) is 15.0. The van der Waals surface area contributed by atoms with E-state index >= 15 is 0 Å². The lowest BCUT2D eigenvalue weighted by atomic mass is 10.2. The molecule has 8 heteroatoms. The molecule has 1 aliphatic heterocycles. The number of anilines is 1. The van der Waals surface area contributed by atoms with E-state index in [-0.39, 0.29) is 24.0 Å². The molecule has 112 valence electrons. The first-order valence-corrected chi connectivity index (χ1v) is 6.62. The van der Waals surface area contributed by atoms with Gasteiger partial charge in [0.1, 0.15) is 25.4 Å². The number of carbonyl (C=O) groups is 1. The standard InChI is InChI=1S/C13H14N2O6/c16-13(17)7-14(8-1-2-8)9-5-11-12(21-4-3-20-11)6-10(9)15(18)19/h5-6,8H,1-4,7H2,(H,16,17). The fourth-order valence-electron chi connectivity index (χ4n) is 2.39. The Balaban J connectivity index is 2.05. The SMILES string of the molecule is O=C(O)CN(c1cc2c(cc1[N+](=O)[O-])OCCO2)C1CC1. The molecule has 2 aliphatic rings. The van der Waals surface area contributed by atoms with E-state index in [0.29, 0.717) is 24.7 Å². The first-order chi connectivity index (χ1) is 10.1. The van der Waals surface area contributed by atoms with Gasteiger partial charge in [0, 0.05) is 12.1 Å². The zero-order valence-corrected chi connectivity index (χ0v) is 11.2. The van der Waals surface area contributed by atoms with Crippen molar-refractivity contribution in [1.82, 2.24) is 0 Å². The Bertz CT molecular complexity index is 599. The van der Waals surface area contributed by atoms with Crippen LogP contribution in [0.4, 0.5) is 11.4 Å². The van der Waals surface area contributed by atoms with Gasteiger partial charge in [-0.05, 0) is 12.8 Å². The number of carboxylic acids is 1. The molecule has 1 heterocycles. The van der Waals surface area contributed by atoms with Crippen LogP contribution in [0.25, 0.3) is 0 Å². The van der Waals surface area contributed by atoms with E-state index in [4.69, 9.17) is 14.6 Å². The van der Waals surface area contributed by atoms with Crippen molar-refractivity contribution >= 4 is 17.3 Å². The summed E-state index contributed by atoms with van der Waals surface area (Å²) < 4.78 is 10.8. The molecule has 3 rings (SSSR count). The van der Waals surface area contributed by atoms with Gasteiger partial charge in [0.25, 0.3) is 5.69 Å². The molecule has 1 N–H and O–H groups in total. The Labute approximate surface area is 120 Å². The number of benzene rings is 1. The Morgan fingerprint density at radius 1 is 1.33 bits per heavy atom. The van der Waals surface area contributed by atoms with Gasteiger partial charge < -0.3 is 19.5 Å². The van der Waals surface area contributed by atoms with E-state index in [9.17, 15) is 14.9 Å². The van der Waals surface area contributed by atoms with Crippen molar-refractivity contribution in [3.05, 3.63) is 22.2 Å². The predicted molar refractivity (Wildman–Crippen MR) is 72.1 cm³/mol. The third-order valence-electron chi connectivity index (χ3n) is 3.44. The molecule has 1 aromatic carbocycles. The smallest absolute Gasteiger partial charge is 0.323 e. The second-order valence-corrected chi connectivity index (χ2v) is 4.99. The van der Waals surface area contributed by atoms with Crippen LogP contribution in [0, 0.1) is 10.1 Å². The van der Waals surface area contributed by atoms with Gasteiger partial charge in [-0.15, -0.1) is 0 Å². The van der Waals surface area contributed by atoms with Crippen LogP contribution < -0.4 is 14.4 Å². The van der Waals surface area contributed by atoms with Crippen LogP contribution in [-0.2, 0) is 4.79 Å². The minimum atomic E-state index is -1.02. The average molecular weight is 294 g/mol. The van der Waals surface area contributed by atoms with Crippen molar-refractivity contribution < 1.29 is 24.3 Å². The number of hydrogen-bond acceptors (Lipinski definition) is 6. The van der Waals surface area contributed by atoms with E-state index in [1.54, 1.807) is 4.90 Å². The summed E-state index contributed by atoms with van der Waals surface area (Å²) in [6, 6.07) is 2.84. The summed E-state index contributed by atoms with van der Waals surface area (Å²) in [7, 11) is 0. The van der Waals surface area contributed by atoms with Crippen LogP contribution in [0.1, 0.15) is 12.8 Å². The van der Waals surface area contributed by atoms with E-state index < -0.39 is 10.9 Å². The predicted octanol–water partition coefficient (Wildman–Crippen LogP) is 1.42. The molecule has 8 nitrogen and oxygen atoms in total. The van der Waals surface area contributed by atoms with Crippen LogP contribution in [0.15, 0.2) is 12.1 Å². The highest BCUT2D eigenvalue weighted by Gasteiger charge is 2.35. The van der Waals surface area contributed by atoms with Gasteiger partial charge in [-0.2, -0.15) is 0 Å². The highest BCUT2D eigenvalue weighted by atomic mass is 16.6. The Morgan fingerprint density at radius 3 is 2.48 bits per heavy atom. The molecule has 0 radical (unpaired) electrons. The quantitative estimate of drug-likeness (QED) is 0.647. The number of aliphatic carboxylic acids is 1. The molecule has 1 aliphatic carbocycles. The van der Waals surface area contributed by atoms with E-state index in [1.807, 2.05) is 0 Å². The molecule has 0 unspecified atom stereocenters. The Morgan fingerprint density at radius 2 is 1.95 bits per heavy atom. The van der Waals surface area contributed by atoms with Crippen LogP contribution in [-0.4, -0.2) is 41.8 Å². The Hall–Kier alpha value is -2.51. The number of nitrogens with zero attached hydrogens (tertiary/aromatic N) is 2. The number of hydrogen-bond donors (Lipinski definition) is 1. The second-order valence-electron chi connectivity index (χ2n) is 4.99. The van der Waals surface area contributed by atoms with Crippen molar-refractivity contribution in [3.8, 4) is 11.5 Å². The molecule has 0 atom stereocenters.